The molecule has 1 aromatic carbocycles. The van der Waals surface area contributed by atoms with Crippen molar-refractivity contribution in [3.63, 3.8) is 0 Å². The molecule has 0 spiro atoms. The van der Waals surface area contributed by atoms with E-state index in [1.807, 2.05) is 18.2 Å². The molecule has 6 nitrogen and oxygen atoms in total. The Kier molecular flexibility index (Phi) is 7.85. The highest BCUT2D eigenvalue weighted by atomic mass is 16.5. The van der Waals surface area contributed by atoms with Crippen molar-refractivity contribution < 1.29 is 9.53 Å². The second kappa shape index (κ2) is 10.4. The van der Waals surface area contributed by atoms with E-state index in [-0.39, 0.29) is 5.91 Å². The third kappa shape index (κ3) is 6.89. The van der Waals surface area contributed by atoms with Crippen molar-refractivity contribution in [1.82, 2.24) is 15.3 Å². The van der Waals surface area contributed by atoms with Crippen LogP contribution in [0, 0.1) is 6.92 Å². The number of methoxy groups -OCH3 is 1. The Morgan fingerprint density at radius 2 is 1.92 bits per heavy atom. The molecule has 134 valence electrons. The maximum absolute atomic E-state index is 12.3. The lowest BCUT2D eigenvalue weighted by molar-refractivity contribution is 0.0948. The van der Waals surface area contributed by atoms with E-state index in [4.69, 9.17) is 4.74 Å². The van der Waals surface area contributed by atoms with E-state index in [9.17, 15) is 4.79 Å². The van der Waals surface area contributed by atoms with E-state index in [0.29, 0.717) is 30.5 Å². The number of anilines is 1. The van der Waals surface area contributed by atoms with Crippen molar-refractivity contribution in [2.75, 3.05) is 32.1 Å². The number of nitrogens with zero attached hydrogens (tertiary/aromatic N) is 2. The summed E-state index contributed by atoms with van der Waals surface area (Å²) >= 11 is 0. The Labute approximate surface area is 149 Å². The molecule has 25 heavy (non-hydrogen) atoms. The van der Waals surface area contributed by atoms with Gasteiger partial charge in [-0.3, -0.25) is 4.79 Å². The first kappa shape index (κ1) is 18.9. The largest absolute Gasteiger partial charge is 0.385 e. The molecular formula is C19H26N4O2. The van der Waals surface area contributed by atoms with Gasteiger partial charge in [0.1, 0.15) is 17.3 Å². The molecule has 0 saturated carbocycles. The van der Waals surface area contributed by atoms with Crippen molar-refractivity contribution >= 4 is 11.7 Å². The van der Waals surface area contributed by atoms with Gasteiger partial charge in [0.15, 0.2) is 0 Å². The number of carbonyl (C=O) groups excluding carboxylic acids is 1. The lowest BCUT2D eigenvalue weighted by atomic mass is 10.1. The molecule has 0 aliphatic carbocycles. The molecule has 0 fully saturated rings. The van der Waals surface area contributed by atoms with E-state index < -0.39 is 0 Å². The van der Waals surface area contributed by atoms with Gasteiger partial charge in [0, 0.05) is 32.9 Å². The standard InChI is InChI=1S/C19H26N4O2/c1-15-22-17(14-18(23-15)20-12-7-13-25-2)19(24)21-11-6-10-16-8-4-3-5-9-16/h3-5,8-9,14H,6-7,10-13H2,1-2H3,(H,21,24)(H,20,22,23). The fraction of sp³-hybridized carbons (Fsp3) is 0.421. The summed E-state index contributed by atoms with van der Waals surface area (Å²) in [6.07, 6.45) is 2.71. The molecule has 2 rings (SSSR count). The number of nitrogens with one attached hydrogen (secondary N) is 2. The van der Waals surface area contributed by atoms with Crippen molar-refractivity contribution in [2.24, 2.45) is 0 Å². The number of benzene rings is 1. The molecule has 6 heteroatoms. The minimum Gasteiger partial charge on any atom is -0.385 e. The number of aromatic nitrogens is 2. The van der Waals surface area contributed by atoms with Crippen LogP contribution in [0.1, 0.15) is 34.7 Å². The van der Waals surface area contributed by atoms with Gasteiger partial charge in [-0.1, -0.05) is 30.3 Å². The molecule has 1 amide bonds. The molecule has 0 bridgehead atoms. The molecule has 2 N–H and O–H groups in total. The third-order valence-corrected chi connectivity index (χ3v) is 3.67. The highest BCUT2D eigenvalue weighted by Gasteiger charge is 2.10. The molecule has 0 aliphatic heterocycles. The van der Waals surface area contributed by atoms with Gasteiger partial charge in [0.05, 0.1) is 0 Å². The quantitative estimate of drug-likeness (QED) is 0.649. The Morgan fingerprint density at radius 3 is 2.68 bits per heavy atom. The molecule has 0 aliphatic rings. The van der Waals surface area contributed by atoms with E-state index >= 15 is 0 Å². The summed E-state index contributed by atoms with van der Waals surface area (Å²) < 4.78 is 5.02. The van der Waals surface area contributed by atoms with Crippen LogP contribution in [-0.4, -0.2) is 42.7 Å². The van der Waals surface area contributed by atoms with Crippen LogP contribution < -0.4 is 10.6 Å². The van der Waals surface area contributed by atoms with E-state index in [1.165, 1.54) is 5.56 Å². The van der Waals surface area contributed by atoms with Crippen LogP contribution in [0.2, 0.25) is 0 Å². The smallest absolute Gasteiger partial charge is 0.270 e. The van der Waals surface area contributed by atoms with Crippen LogP contribution in [-0.2, 0) is 11.2 Å². The third-order valence-electron chi connectivity index (χ3n) is 3.67. The summed E-state index contributed by atoms with van der Waals surface area (Å²) in [4.78, 5) is 20.8. The SMILES string of the molecule is COCCCNc1cc(C(=O)NCCCc2ccccc2)nc(C)n1. The summed E-state index contributed by atoms with van der Waals surface area (Å²) in [6, 6.07) is 11.9. The van der Waals surface area contributed by atoms with Crippen LogP contribution in [0.3, 0.4) is 0 Å². The molecule has 0 saturated heterocycles. The summed E-state index contributed by atoms with van der Waals surface area (Å²) in [7, 11) is 1.68. The summed E-state index contributed by atoms with van der Waals surface area (Å²) in [6.45, 7) is 3.83. The maximum atomic E-state index is 12.3. The van der Waals surface area contributed by atoms with Gasteiger partial charge in [-0.15, -0.1) is 0 Å². The first-order valence-electron chi connectivity index (χ1n) is 8.59. The summed E-state index contributed by atoms with van der Waals surface area (Å²) in [5, 5.41) is 6.12. The first-order chi connectivity index (χ1) is 12.2. The number of ether oxygens (including phenoxy) is 1. The fourth-order valence-electron chi connectivity index (χ4n) is 2.44. The minimum atomic E-state index is -0.168. The predicted octanol–water partition coefficient (Wildman–Crippen LogP) is 2.60. The first-order valence-corrected chi connectivity index (χ1v) is 8.59. The summed E-state index contributed by atoms with van der Waals surface area (Å²) in [5.74, 6) is 1.07. The predicted molar refractivity (Wildman–Crippen MR) is 98.8 cm³/mol. The molecule has 1 heterocycles. The minimum absolute atomic E-state index is 0.168. The van der Waals surface area contributed by atoms with Crippen LogP contribution >= 0.6 is 0 Å². The maximum Gasteiger partial charge on any atom is 0.270 e. The Hall–Kier alpha value is -2.47. The Balaban J connectivity index is 1.80. The molecule has 2 aromatic rings. The number of carbonyl (C=O) groups is 1. The Morgan fingerprint density at radius 1 is 1.12 bits per heavy atom. The second-order valence-electron chi connectivity index (χ2n) is 5.80. The lowest BCUT2D eigenvalue weighted by Crippen LogP contribution is -2.26. The van der Waals surface area contributed by atoms with Gasteiger partial charge in [0.2, 0.25) is 0 Å². The molecule has 0 unspecified atom stereocenters. The number of aryl methyl sites for hydroxylation is 2. The van der Waals surface area contributed by atoms with Gasteiger partial charge < -0.3 is 15.4 Å². The van der Waals surface area contributed by atoms with Crippen LogP contribution in [0.25, 0.3) is 0 Å². The second-order valence-corrected chi connectivity index (χ2v) is 5.80. The van der Waals surface area contributed by atoms with Crippen LogP contribution in [0.5, 0.6) is 0 Å². The van der Waals surface area contributed by atoms with Crippen LogP contribution in [0.4, 0.5) is 5.82 Å². The zero-order valence-electron chi connectivity index (χ0n) is 14.9. The van der Waals surface area contributed by atoms with Crippen molar-refractivity contribution in [3.05, 3.63) is 53.5 Å². The average molecular weight is 342 g/mol. The average Bonchev–Trinajstić information content (AvgIpc) is 2.62. The molecule has 1 aromatic heterocycles. The topological polar surface area (TPSA) is 76.1 Å². The number of hydrogen-bond donors (Lipinski definition) is 2. The van der Waals surface area contributed by atoms with E-state index in [1.54, 1.807) is 20.1 Å². The normalized spacial score (nSPS) is 10.5. The van der Waals surface area contributed by atoms with Crippen LogP contribution in [0.15, 0.2) is 36.4 Å². The van der Waals surface area contributed by atoms with E-state index in [2.05, 4.69) is 32.7 Å². The molecule has 0 atom stereocenters. The van der Waals surface area contributed by atoms with Gasteiger partial charge in [0.25, 0.3) is 5.91 Å². The summed E-state index contributed by atoms with van der Waals surface area (Å²) in [5.41, 5.74) is 1.67. The fourth-order valence-corrected chi connectivity index (χ4v) is 2.44. The van der Waals surface area contributed by atoms with Crippen molar-refractivity contribution in [3.8, 4) is 0 Å². The van der Waals surface area contributed by atoms with Crippen molar-refractivity contribution in [2.45, 2.75) is 26.2 Å². The lowest BCUT2D eigenvalue weighted by Gasteiger charge is -2.09. The zero-order valence-corrected chi connectivity index (χ0v) is 14.9. The highest BCUT2D eigenvalue weighted by Crippen LogP contribution is 2.07. The number of hydrogen-bond acceptors (Lipinski definition) is 5. The van der Waals surface area contributed by atoms with Crippen molar-refractivity contribution in [1.29, 1.82) is 0 Å². The number of amides is 1. The zero-order chi connectivity index (χ0) is 17.9. The molecular weight excluding hydrogens is 316 g/mol. The van der Waals surface area contributed by atoms with Gasteiger partial charge in [-0.2, -0.15) is 0 Å². The Bertz CT molecular complexity index is 662. The van der Waals surface area contributed by atoms with Gasteiger partial charge in [-0.05, 0) is 31.7 Å². The van der Waals surface area contributed by atoms with E-state index in [0.717, 1.165) is 25.8 Å². The highest BCUT2D eigenvalue weighted by molar-refractivity contribution is 5.92. The monoisotopic (exact) mass is 342 g/mol. The number of rotatable bonds is 10. The van der Waals surface area contributed by atoms with Gasteiger partial charge >= 0.3 is 0 Å². The van der Waals surface area contributed by atoms with Gasteiger partial charge in [-0.25, -0.2) is 9.97 Å². The molecule has 0 radical (unpaired) electrons.